The number of aliphatic hydroxyl groups excluding tert-OH is 1. The maximum absolute atomic E-state index is 9.65. The molecule has 0 heterocycles. The highest BCUT2D eigenvalue weighted by Crippen LogP contribution is 2.53. The first-order valence-electron chi connectivity index (χ1n) is 3.30. The zero-order valence-corrected chi connectivity index (χ0v) is 9.36. The van der Waals surface area contributed by atoms with E-state index in [-0.39, 0.29) is 0 Å². The van der Waals surface area contributed by atoms with Crippen LogP contribution in [0.1, 0.15) is 0 Å². The average molecular weight is 283 g/mol. The summed E-state index contributed by atoms with van der Waals surface area (Å²) in [6.45, 7) is -0.505. The topological polar surface area (TPSA) is 208 Å². The molecule has 0 saturated carbocycles. The molecule has 11 nitrogen and oxygen atoms in total. The van der Waals surface area contributed by atoms with Gasteiger partial charge in [0.1, 0.15) is 6.04 Å². The minimum atomic E-state index is -5.05. The van der Waals surface area contributed by atoms with Gasteiger partial charge in [-0.1, -0.05) is 0 Å². The second kappa shape index (κ2) is 7.07. The first-order chi connectivity index (χ1) is 6.89. The molecule has 0 spiro atoms. The van der Waals surface area contributed by atoms with Crippen LogP contribution in [0.3, 0.4) is 0 Å². The van der Waals surface area contributed by atoms with Gasteiger partial charge in [0, 0.05) is 0 Å². The normalized spacial score (nSPS) is 13.6. The van der Waals surface area contributed by atoms with Crippen LogP contribution in [0.5, 0.6) is 0 Å². The van der Waals surface area contributed by atoms with Crippen molar-refractivity contribution in [2.75, 3.05) is 6.61 Å². The Kier molecular flexibility index (Phi) is 7.96. The number of hydrogen-bond acceptors (Lipinski definition) is 6. The van der Waals surface area contributed by atoms with Crippen molar-refractivity contribution in [3.63, 3.8) is 0 Å². The Labute approximate surface area is 89.0 Å². The van der Waals surface area contributed by atoms with Crippen molar-refractivity contribution >= 4 is 21.6 Å². The Morgan fingerprint density at radius 3 is 1.50 bits per heavy atom. The molecule has 1 unspecified atom stereocenters. The summed E-state index contributed by atoms with van der Waals surface area (Å²) in [5, 5.41) is 15.9. The first-order valence-corrected chi connectivity index (χ1v) is 6.37. The molecule has 98 valence electrons. The maximum Gasteiger partial charge on any atom is 0.478 e. The van der Waals surface area contributed by atoms with Gasteiger partial charge in [0.2, 0.25) is 0 Å². The quantitative estimate of drug-likeness (QED) is 0.270. The van der Waals surface area contributed by atoms with Gasteiger partial charge in [-0.15, -0.1) is 0 Å². The van der Waals surface area contributed by atoms with E-state index in [9.17, 15) is 13.9 Å². The highest BCUT2D eigenvalue weighted by atomic mass is 31.3. The number of aliphatic carboxylic acids is 1. The number of rotatable bonds is 4. The molecule has 0 aliphatic carbocycles. The number of hydrogen-bond donors (Lipinski definition) is 7. The van der Waals surface area contributed by atoms with Crippen molar-refractivity contribution in [2.45, 2.75) is 6.04 Å². The Hall–Kier alpha value is -0.350. The van der Waals surface area contributed by atoms with E-state index in [1.165, 1.54) is 0 Å². The van der Waals surface area contributed by atoms with Crippen LogP contribution in [-0.4, -0.2) is 48.4 Å². The molecule has 0 radical (unpaired) electrons. The predicted molar refractivity (Wildman–Crippen MR) is 47.9 cm³/mol. The number of nitrogens with two attached hydrogens (primary N) is 1. The molecular weight excluding hydrogens is 272 g/mol. The lowest BCUT2D eigenvalue weighted by molar-refractivity contribution is -0.139. The number of carboxylic acid groups (broad SMARTS) is 1. The van der Waals surface area contributed by atoms with Gasteiger partial charge < -0.3 is 35.5 Å². The molecule has 13 heteroatoms. The van der Waals surface area contributed by atoms with E-state index < -0.39 is 34.3 Å². The zero-order chi connectivity index (χ0) is 13.6. The largest absolute Gasteiger partial charge is 0.480 e. The van der Waals surface area contributed by atoms with Gasteiger partial charge in [0.15, 0.2) is 0 Å². The van der Waals surface area contributed by atoms with Crippen LogP contribution in [0.25, 0.3) is 0 Å². The summed E-state index contributed by atoms with van der Waals surface area (Å²) in [7, 11) is -10.1. The van der Waals surface area contributed by atoms with Gasteiger partial charge >= 0.3 is 21.6 Å². The number of aliphatic hydroxyl groups is 1. The SMILES string of the molecule is NC(CO)C(=O)O.O=P(O)(O)OP(=O)(O)O. The fourth-order valence-electron chi connectivity index (χ4n) is 0.217. The van der Waals surface area contributed by atoms with Crippen molar-refractivity contribution in [3.05, 3.63) is 0 Å². The molecule has 0 aliphatic heterocycles. The molecule has 0 aromatic carbocycles. The molecule has 16 heavy (non-hydrogen) atoms. The Morgan fingerprint density at radius 1 is 1.19 bits per heavy atom. The van der Waals surface area contributed by atoms with E-state index in [0.717, 1.165) is 0 Å². The monoisotopic (exact) mass is 283 g/mol. The van der Waals surface area contributed by atoms with Crippen LogP contribution in [-0.2, 0) is 18.2 Å². The summed E-state index contributed by atoms with van der Waals surface area (Å²) in [5.74, 6) is -1.18. The van der Waals surface area contributed by atoms with E-state index in [1.807, 2.05) is 0 Å². The fourth-order valence-corrected chi connectivity index (χ4v) is 1.33. The third-order valence-corrected chi connectivity index (χ3v) is 2.43. The highest BCUT2D eigenvalue weighted by Gasteiger charge is 2.27. The Balaban J connectivity index is 0. The third kappa shape index (κ3) is 16.1. The lowest BCUT2D eigenvalue weighted by Crippen LogP contribution is -2.33. The Morgan fingerprint density at radius 2 is 1.50 bits per heavy atom. The van der Waals surface area contributed by atoms with Gasteiger partial charge in [-0.3, -0.25) is 4.79 Å². The molecule has 0 rings (SSSR count). The minimum absolute atomic E-state index is 0.505. The van der Waals surface area contributed by atoms with Gasteiger partial charge in [-0.05, 0) is 0 Å². The van der Waals surface area contributed by atoms with Crippen LogP contribution >= 0.6 is 15.6 Å². The van der Waals surface area contributed by atoms with E-state index in [1.54, 1.807) is 0 Å². The standard InChI is InChI=1S/C3H7NO3.H4O7P2/c4-2(1-5)3(6)7;1-8(2,3)7-9(4,5)6/h2,5H,1,4H2,(H,6,7);(H2,1,2,3)(H2,4,5,6). The molecule has 0 aromatic heterocycles. The van der Waals surface area contributed by atoms with Gasteiger partial charge in [-0.25, -0.2) is 9.13 Å². The molecule has 0 amide bonds. The van der Waals surface area contributed by atoms with E-state index in [2.05, 4.69) is 4.31 Å². The summed E-state index contributed by atoms with van der Waals surface area (Å²) in [5.41, 5.74) is 4.77. The van der Waals surface area contributed by atoms with E-state index in [4.69, 9.17) is 35.5 Å². The van der Waals surface area contributed by atoms with Crippen LogP contribution in [0, 0.1) is 0 Å². The van der Waals surface area contributed by atoms with Crippen molar-refractivity contribution in [3.8, 4) is 0 Å². The first kappa shape index (κ1) is 18.0. The summed E-state index contributed by atoms with van der Waals surface area (Å²) in [6, 6.07) is -1.13. The molecule has 0 bridgehead atoms. The lowest BCUT2D eigenvalue weighted by atomic mass is 10.3. The molecule has 0 saturated heterocycles. The molecular formula is C3H11NO10P2. The average Bonchev–Trinajstić information content (AvgIpc) is 1.96. The summed E-state index contributed by atoms with van der Waals surface area (Å²) >= 11 is 0. The van der Waals surface area contributed by atoms with Crippen molar-refractivity contribution in [1.29, 1.82) is 0 Å². The van der Waals surface area contributed by atoms with E-state index in [0.29, 0.717) is 0 Å². The van der Waals surface area contributed by atoms with Crippen LogP contribution in [0.4, 0.5) is 0 Å². The van der Waals surface area contributed by atoms with E-state index >= 15 is 0 Å². The Bertz CT molecular complexity index is 283. The van der Waals surface area contributed by atoms with Crippen molar-refractivity contribution in [1.82, 2.24) is 0 Å². The second-order valence-electron chi connectivity index (χ2n) is 2.19. The lowest BCUT2D eigenvalue weighted by Gasteiger charge is -2.03. The molecule has 0 fully saturated rings. The summed E-state index contributed by atoms with van der Waals surface area (Å²) in [4.78, 5) is 40.6. The summed E-state index contributed by atoms with van der Waals surface area (Å²) < 4.78 is 22.2. The van der Waals surface area contributed by atoms with Gasteiger partial charge in [-0.2, -0.15) is 4.31 Å². The van der Waals surface area contributed by atoms with Gasteiger partial charge in [0.05, 0.1) is 6.61 Å². The van der Waals surface area contributed by atoms with Crippen molar-refractivity contribution in [2.24, 2.45) is 5.73 Å². The number of phosphoric acid groups is 2. The third-order valence-electron chi connectivity index (χ3n) is 0.727. The van der Waals surface area contributed by atoms with Crippen molar-refractivity contribution < 1.29 is 48.0 Å². The number of carbonyl (C=O) groups is 1. The molecule has 0 aliphatic rings. The van der Waals surface area contributed by atoms with Crippen LogP contribution < -0.4 is 5.73 Å². The molecule has 0 aromatic rings. The summed E-state index contributed by atoms with van der Waals surface area (Å²) in [6.07, 6.45) is 0. The number of carboxylic acids is 1. The smallest absolute Gasteiger partial charge is 0.478 e. The highest BCUT2D eigenvalue weighted by molar-refractivity contribution is 7.60. The molecule has 8 N–H and O–H groups in total. The van der Waals surface area contributed by atoms with Crippen LogP contribution in [0.15, 0.2) is 0 Å². The predicted octanol–water partition coefficient (Wildman–Crippen LogP) is -2.42. The fraction of sp³-hybridized carbons (Fsp3) is 0.667. The van der Waals surface area contributed by atoms with Crippen LogP contribution in [0.2, 0.25) is 0 Å². The minimum Gasteiger partial charge on any atom is -0.480 e. The van der Waals surface area contributed by atoms with Gasteiger partial charge in [0.25, 0.3) is 0 Å². The maximum atomic E-state index is 9.65. The second-order valence-corrected chi connectivity index (χ2v) is 4.81. The molecule has 1 atom stereocenters. The zero-order valence-electron chi connectivity index (χ0n) is 7.57.